The summed E-state index contributed by atoms with van der Waals surface area (Å²) in [7, 11) is 0. The van der Waals surface area contributed by atoms with Gasteiger partial charge in [0.25, 0.3) is 0 Å². The lowest BCUT2D eigenvalue weighted by atomic mass is 10.1. The number of aryl methyl sites for hydroxylation is 2. The molecule has 2 aromatic heterocycles. The summed E-state index contributed by atoms with van der Waals surface area (Å²) in [4.78, 5) is 38.5. The minimum absolute atomic E-state index is 0.0727. The Hall–Kier alpha value is -3.35. The first-order valence-electron chi connectivity index (χ1n) is 8.67. The molecule has 27 heavy (non-hydrogen) atoms. The highest BCUT2D eigenvalue weighted by Crippen LogP contribution is 2.18. The number of carbonyl (C=O) groups is 3. The molecule has 2 amide bonds. The molecule has 3 aromatic rings. The number of Topliss-reactive ketones (excluding diaryl/α,β-unsaturated/α-hetero) is 1. The van der Waals surface area contributed by atoms with Crippen LogP contribution in [0, 0.1) is 6.92 Å². The lowest BCUT2D eigenvalue weighted by Gasteiger charge is -2.06. The molecular weight excluding hydrogens is 346 g/mol. The topological polar surface area (TPSA) is 104 Å². The van der Waals surface area contributed by atoms with Crippen molar-refractivity contribution in [2.75, 3.05) is 0 Å². The van der Waals surface area contributed by atoms with Gasteiger partial charge in [-0.3, -0.25) is 25.2 Å². The van der Waals surface area contributed by atoms with E-state index in [0.717, 1.165) is 16.5 Å². The van der Waals surface area contributed by atoms with Gasteiger partial charge in [-0.25, -0.2) is 0 Å². The van der Waals surface area contributed by atoms with Crippen LogP contribution >= 0.6 is 0 Å². The van der Waals surface area contributed by atoms with E-state index in [1.54, 1.807) is 19.2 Å². The summed E-state index contributed by atoms with van der Waals surface area (Å²) >= 11 is 0. The van der Waals surface area contributed by atoms with Gasteiger partial charge in [0, 0.05) is 29.9 Å². The van der Waals surface area contributed by atoms with E-state index in [4.69, 9.17) is 4.42 Å². The number of benzene rings is 1. The maximum absolute atomic E-state index is 12.1. The Morgan fingerprint density at radius 3 is 2.59 bits per heavy atom. The van der Waals surface area contributed by atoms with Crippen LogP contribution in [0.2, 0.25) is 0 Å². The third kappa shape index (κ3) is 4.44. The summed E-state index contributed by atoms with van der Waals surface area (Å²) in [5, 5.41) is 0.980. The molecule has 0 aliphatic rings. The molecule has 140 valence electrons. The Bertz CT molecular complexity index is 1000. The van der Waals surface area contributed by atoms with E-state index in [-0.39, 0.29) is 30.4 Å². The molecule has 1 aromatic carbocycles. The van der Waals surface area contributed by atoms with Crippen molar-refractivity contribution in [1.29, 1.82) is 0 Å². The van der Waals surface area contributed by atoms with Gasteiger partial charge >= 0.3 is 0 Å². The van der Waals surface area contributed by atoms with Gasteiger partial charge < -0.3 is 9.40 Å². The maximum Gasteiger partial charge on any atom is 0.242 e. The molecule has 0 saturated carbocycles. The summed E-state index contributed by atoms with van der Waals surface area (Å²) in [6.07, 6.45) is 2.43. The van der Waals surface area contributed by atoms with Gasteiger partial charge in [-0.2, -0.15) is 0 Å². The van der Waals surface area contributed by atoms with E-state index < -0.39 is 0 Å². The number of hydrogen-bond donors (Lipinski definition) is 3. The summed E-state index contributed by atoms with van der Waals surface area (Å²) in [6, 6.07) is 9.36. The van der Waals surface area contributed by atoms with Crippen molar-refractivity contribution in [3.63, 3.8) is 0 Å². The van der Waals surface area contributed by atoms with Crippen molar-refractivity contribution in [2.24, 2.45) is 0 Å². The number of furan rings is 1. The predicted octanol–water partition coefficient (Wildman–Crippen LogP) is 2.59. The summed E-state index contributed by atoms with van der Waals surface area (Å²) < 4.78 is 5.47. The Labute approximate surface area is 156 Å². The van der Waals surface area contributed by atoms with Crippen LogP contribution in [0.3, 0.4) is 0 Å². The third-order valence-corrected chi connectivity index (χ3v) is 4.31. The standard InChI is InChI=1S/C20H21N3O4/c1-12(24)17-10-15(27-13(17)2)7-8-19(25)22-23-20(26)9-14-11-21-18-6-4-3-5-16(14)18/h3-6,10-11,21H,7-9H2,1-2H3,(H,22,25)(H,23,26). The zero-order chi connectivity index (χ0) is 19.4. The number of hydrazine groups is 1. The van der Waals surface area contributed by atoms with Gasteiger partial charge in [-0.1, -0.05) is 18.2 Å². The lowest BCUT2D eigenvalue weighted by Crippen LogP contribution is -2.42. The van der Waals surface area contributed by atoms with E-state index >= 15 is 0 Å². The quantitative estimate of drug-likeness (QED) is 0.460. The van der Waals surface area contributed by atoms with Gasteiger partial charge in [0.2, 0.25) is 11.8 Å². The second kappa shape index (κ2) is 7.90. The highest BCUT2D eigenvalue weighted by Gasteiger charge is 2.13. The van der Waals surface area contributed by atoms with Gasteiger partial charge in [-0.15, -0.1) is 0 Å². The summed E-state index contributed by atoms with van der Waals surface area (Å²) in [6.45, 7) is 3.18. The van der Waals surface area contributed by atoms with Crippen LogP contribution < -0.4 is 10.9 Å². The first-order valence-corrected chi connectivity index (χ1v) is 8.67. The summed E-state index contributed by atoms with van der Waals surface area (Å²) in [5.41, 5.74) is 7.17. The minimum atomic E-state index is -0.333. The van der Waals surface area contributed by atoms with Crippen molar-refractivity contribution < 1.29 is 18.8 Å². The molecular formula is C20H21N3O4. The highest BCUT2D eigenvalue weighted by molar-refractivity contribution is 5.95. The van der Waals surface area contributed by atoms with E-state index in [2.05, 4.69) is 15.8 Å². The number of carbonyl (C=O) groups excluding carboxylic acids is 3. The van der Waals surface area contributed by atoms with E-state index in [1.165, 1.54) is 6.92 Å². The largest absolute Gasteiger partial charge is 0.466 e. The van der Waals surface area contributed by atoms with Gasteiger partial charge in [0.05, 0.1) is 12.0 Å². The van der Waals surface area contributed by atoms with Crippen LogP contribution in [0.4, 0.5) is 0 Å². The van der Waals surface area contributed by atoms with Gasteiger partial charge in [-0.05, 0) is 31.5 Å². The number of ketones is 1. The normalized spacial score (nSPS) is 10.7. The average molecular weight is 367 g/mol. The number of H-pyrrole nitrogens is 1. The fourth-order valence-electron chi connectivity index (χ4n) is 2.95. The number of hydrogen-bond acceptors (Lipinski definition) is 4. The fourth-order valence-corrected chi connectivity index (χ4v) is 2.95. The Morgan fingerprint density at radius 2 is 1.85 bits per heavy atom. The fraction of sp³-hybridized carbons (Fsp3) is 0.250. The van der Waals surface area contributed by atoms with Crippen LogP contribution in [0.25, 0.3) is 10.9 Å². The third-order valence-electron chi connectivity index (χ3n) is 4.31. The van der Waals surface area contributed by atoms with E-state index in [9.17, 15) is 14.4 Å². The minimum Gasteiger partial charge on any atom is -0.466 e. The Balaban J connectivity index is 1.47. The first kappa shape index (κ1) is 18.4. The Morgan fingerprint density at radius 1 is 1.11 bits per heavy atom. The lowest BCUT2D eigenvalue weighted by molar-refractivity contribution is -0.128. The SMILES string of the molecule is CC(=O)c1cc(CCC(=O)NNC(=O)Cc2c[nH]c3ccccc23)oc1C. The molecule has 0 bridgehead atoms. The molecule has 0 unspecified atom stereocenters. The van der Waals surface area contributed by atoms with Crippen molar-refractivity contribution in [3.8, 4) is 0 Å². The monoisotopic (exact) mass is 367 g/mol. The molecule has 0 fully saturated rings. The highest BCUT2D eigenvalue weighted by atomic mass is 16.3. The number of amides is 2. The Kier molecular flexibility index (Phi) is 5.40. The number of rotatable bonds is 6. The number of fused-ring (bicyclic) bond motifs is 1. The average Bonchev–Trinajstić information content (AvgIpc) is 3.22. The zero-order valence-electron chi connectivity index (χ0n) is 15.2. The molecule has 2 heterocycles. The zero-order valence-corrected chi connectivity index (χ0v) is 15.2. The van der Waals surface area contributed by atoms with Crippen molar-refractivity contribution in [3.05, 3.63) is 59.2 Å². The molecule has 0 aliphatic heterocycles. The molecule has 7 heteroatoms. The second-order valence-electron chi connectivity index (χ2n) is 6.37. The number of aromatic amines is 1. The predicted molar refractivity (Wildman–Crippen MR) is 100 cm³/mol. The van der Waals surface area contributed by atoms with Crippen molar-refractivity contribution in [2.45, 2.75) is 33.1 Å². The number of para-hydroxylation sites is 1. The van der Waals surface area contributed by atoms with E-state index in [0.29, 0.717) is 23.5 Å². The molecule has 0 aliphatic carbocycles. The molecule has 0 spiro atoms. The smallest absolute Gasteiger partial charge is 0.242 e. The van der Waals surface area contributed by atoms with Gasteiger partial charge in [0.15, 0.2) is 5.78 Å². The van der Waals surface area contributed by atoms with Crippen molar-refractivity contribution in [1.82, 2.24) is 15.8 Å². The number of aromatic nitrogens is 1. The first-order chi connectivity index (χ1) is 12.9. The molecule has 0 atom stereocenters. The van der Waals surface area contributed by atoms with Crippen LogP contribution in [0.1, 0.15) is 40.8 Å². The van der Waals surface area contributed by atoms with Crippen LogP contribution in [0.15, 0.2) is 40.9 Å². The number of nitrogens with one attached hydrogen (secondary N) is 3. The second-order valence-corrected chi connectivity index (χ2v) is 6.37. The van der Waals surface area contributed by atoms with Crippen LogP contribution in [-0.4, -0.2) is 22.6 Å². The maximum atomic E-state index is 12.1. The van der Waals surface area contributed by atoms with Gasteiger partial charge in [0.1, 0.15) is 11.5 Å². The molecule has 3 N–H and O–H groups in total. The molecule has 7 nitrogen and oxygen atoms in total. The van der Waals surface area contributed by atoms with Crippen LogP contribution in [0.5, 0.6) is 0 Å². The van der Waals surface area contributed by atoms with Crippen LogP contribution in [-0.2, 0) is 22.4 Å². The van der Waals surface area contributed by atoms with Crippen molar-refractivity contribution >= 4 is 28.5 Å². The summed E-state index contributed by atoms with van der Waals surface area (Å²) in [5.74, 6) is 0.404. The molecule has 0 radical (unpaired) electrons. The molecule has 0 saturated heterocycles. The van der Waals surface area contributed by atoms with E-state index in [1.807, 2.05) is 24.3 Å². The molecule has 3 rings (SSSR count).